The molecule has 0 aliphatic heterocycles. The standard InChI is InChI=1S/C20H31N3O2/c1-3-14(2)18(21)20(25)22-13-15-8-7-11-17(12-15)23-19(24)16-9-5-4-6-10-16/h7-8,11-12,14,16,18H,3-6,9-10,13,21H2,1-2H3,(H,22,25)(H,23,24). The zero-order chi connectivity index (χ0) is 18.2. The van der Waals surface area contributed by atoms with Gasteiger partial charge in [-0.05, 0) is 36.5 Å². The zero-order valence-electron chi connectivity index (χ0n) is 15.4. The highest BCUT2D eigenvalue weighted by molar-refractivity contribution is 5.92. The first-order valence-corrected chi connectivity index (χ1v) is 9.44. The fraction of sp³-hybridized carbons (Fsp3) is 0.600. The number of benzene rings is 1. The molecule has 0 radical (unpaired) electrons. The summed E-state index contributed by atoms with van der Waals surface area (Å²) in [5.74, 6) is 0.262. The van der Waals surface area contributed by atoms with Crippen molar-refractivity contribution in [2.45, 2.75) is 65.0 Å². The van der Waals surface area contributed by atoms with Gasteiger partial charge >= 0.3 is 0 Å². The summed E-state index contributed by atoms with van der Waals surface area (Å²) < 4.78 is 0. The van der Waals surface area contributed by atoms with Crippen LogP contribution >= 0.6 is 0 Å². The number of hydrogen-bond donors (Lipinski definition) is 3. The minimum absolute atomic E-state index is 0.111. The predicted octanol–water partition coefficient (Wildman–Crippen LogP) is 3.20. The Morgan fingerprint density at radius 1 is 1.24 bits per heavy atom. The third-order valence-electron chi connectivity index (χ3n) is 5.20. The highest BCUT2D eigenvalue weighted by atomic mass is 16.2. The highest BCUT2D eigenvalue weighted by Gasteiger charge is 2.21. The van der Waals surface area contributed by atoms with E-state index in [9.17, 15) is 9.59 Å². The molecule has 0 heterocycles. The van der Waals surface area contributed by atoms with Gasteiger partial charge in [0.15, 0.2) is 0 Å². The van der Waals surface area contributed by atoms with Crippen LogP contribution in [0.2, 0.25) is 0 Å². The molecule has 138 valence electrons. The molecule has 2 amide bonds. The van der Waals surface area contributed by atoms with Crippen LogP contribution in [0.25, 0.3) is 0 Å². The number of amides is 2. The maximum absolute atomic E-state index is 12.3. The van der Waals surface area contributed by atoms with Crippen molar-refractivity contribution in [2.75, 3.05) is 5.32 Å². The molecule has 2 rings (SSSR count). The largest absolute Gasteiger partial charge is 0.351 e. The molecule has 2 unspecified atom stereocenters. The van der Waals surface area contributed by atoms with Crippen LogP contribution in [0.4, 0.5) is 5.69 Å². The minimum atomic E-state index is -0.487. The molecule has 25 heavy (non-hydrogen) atoms. The van der Waals surface area contributed by atoms with E-state index in [1.54, 1.807) is 0 Å². The Balaban J connectivity index is 1.88. The van der Waals surface area contributed by atoms with Crippen LogP contribution in [-0.2, 0) is 16.1 Å². The molecule has 0 aromatic heterocycles. The topological polar surface area (TPSA) is 84.2 Å². The third kappa shape index (κ3) is 5.85. The van der Waals surface area contributed by atoms with Gasteiger partial charge in [0.1, 0.15) is 0 Å². The number of nitrogens with one attached hydrogen (secondary N) is 2. The average molecular weight is 345 g/mol. The number of carbonyl (C=O) groups excluding carboxylic acids is 2. The second-order valence-electron chi connectivity index (χ2n) is 7.15. The smallest absolute Gasteiger partial charge is 0.237 e. The van der Waals surface area contributed by atoms with Crippen molar-refractivity contribution in [3.8, 4) is 0 Å². The van der Waals surface area contributed by atoms with Gasteiger partial charge in [0.2, 0.25) is 11.8 Å². The first-order chi connectivity index (χ1) is 12.0. The first kappa shape index (κ1) is 19.4. The van der Waals surface area contributed by atoms with Crippen LogP contribution in [0.5, 0.6) is 0 Å². The quantitative estimate of drug-likeness (QED) is 0.709. The Morgan fingerprint density at radius 2 is 1.96 bits per heavy atom. The Morgan fingerprint density at radius 3 is 2.64 bits per heavy atom. The summed E-state index contributed by atoms with van der Waals surface area (Å²) in [7, 11) is 0. The van der Waals surface area contributed by atoms with Gasteiger partial charge in [-0.1, -0.05) is 51.7 Å². The molecule has 2 atom stereocenters. The Hall–Kier alpha value is -1.88. The Bertz CT molecular complexity index is 582. The van der Waals surface area contributed by atoms with E-state index in [1.807, 2.05) is 38.1 Å². The number of nitrogens with two attached hydrogens (primary N) is 1. The Labute approximate surface area is 150 Å². The van der Waals surface area contributed by atoms with Crippen LogP contribution in [0.3, 0.4) is 0 Å². The van der Waals surface area contributed by atoms with Gasteiger partial charge in [-0.3, -0.25) is 9.59 Å². The predicted molar refractivity (Wildman–Crippen MR) is 101 cm³/mol. The van der Waals surface area contributed by atoms with Crippen LogP contribution in [0.15, 0.2) is 24.3 Å². The molecule has 0 saturated heterocycles. The summed E-state index contributed by atoms with van der Waals surface area (Å²) in [5, 5.41) is 5.89. The number of anilines is 1. The van der Waals surface area contributed by atoms with E-state index in [2.05, 4.69) is 10.6 Å². The molecule has 5 nitrogen and oxygen atoms in total. The Kier molecular flexibility index (Phi) is 7.44. The fourth-order valence-electron chi connectivity index (χ4n) is 3.19. The lowest BCUT2D eigenvalue weighted by Crippen LogP contribution is -2.44. The zero-order valence-corrected chi connectivity index (χ0v) is 15.4. The highest BCUT2D eigenvalue weighted by Crippen LogP contribution is 2.25. The summed E-state index contributed by atoms with van der Waals surface area (Å²) in [6, 6.07) is 7.14. The monoisotopic (exact) mass is 345 g/mol. The van der Waals surface area contributed by atoms with Gasteiger partial charge in [0.05, 0.1) is 6.04 Å². The maximum atomic E-state index is 12.3. The molecule has 1 aliphatic rings. The van der Waals surface area contributed by atoms with Gasteiger partial charge < -0.3 is 16.4 Å². The SMILES string of the molecule is CCC(C)C(N)C(=O)NCc1cccc(NC(=O)C2CCCCC2)c1. The van der Waals surface area contributed by atoms with E-state index < -0.39 is 6.04 Å². The second kappa shape index (κ2) is 9.56. The average Bonchev–Trinajstić information content (AvgIpc) is 2.65. The van der Waals surface area contributed by atoms with Gasteiger partial charge in [-0.25, -0.2) is 0 Å². The number of rotatable bonds is 7. The molecule has 1 saturated carbocycles. The van der Waals surface area contributed by atoms with Crippen molar-refractivity contribution in [1.82, 2.24) is 5.32 Å². The molecular weight excluding hydrogens is 314 g/mol. The maximum Gasteiger partial charge on any atom is 0.237 e. The first-order valence-electron chi connectivity index (χ1n) is 9.44. The molecule has 1 aliphatic carbocycles. The van der Waals surface area contributed by atoms with Crippen LogP contribution in [0, 0.1) is 11.8 Å². The summed E-state index contributed by atoms with van der Waals surface area (Å²) >= 11 is 0. The summed E-state index contributed by atoms with van der Waals surface area (Å²) in [6.45, 7) is 4.41. The van der Waals surface area contributed by atoms with Crippen molar-refractivity contribution in [2.24, 2.45) is 17.6 Å². The molecule has 0 bridgehead atoms. The van der Waals surface area contributed by atoms with Crippen LogP contribution in [-0.4, -0.2) is 17.9 Å². The van der Waals surface area contributed by atoms with Gasteiger partial charge in [0, 0.05) is 18.2 Å². The van der Waals surface area contributed by atoms with Gasteiger partial charge in [0.25, 0.3) is 0 Å². The van der Waals surface area contributed by atoms with Crippen molar-refractivity contribution in [3.05, 3.63) is 29.8 Å². The van der Waals surface area contributed by atoms with E-state index in [4.69, 9.17) is 5.73 Å². The summed E-state index contributed by atoms with van der Waals surface area (Å²) in [5.41, 5.74) is 7.68. The fourth-order valence-corrected chi connectivity index (χ4v) is 3.19. The molecule has 1 aromatic rings. The van der Waals surface area contributed by atoms with Gasteiger partial charge in [-0.15, -0.1) is 0 Å². The summed E-state index contributed by atoms with van der Waals surface area (Å²) in [6.07, 6.45) is 6.35. The molecule has 4 N–H and O–H groups in total. The lowest BCUT2D eigenvalue weighted by atomic mass is 9.88. The van der Waals surface area contributed by atoms with Crippen molar-refractivity contribution in [3.63, 3.8) is 0 Å². The summed E-state index contributed by atoms with van der Waals surface area (Å²) in [4.78, 5) is 24.4. The van der Waals surface area contributed by atoms with E-state index >= 15 is 0 Å². The van der Waals surface area contributed by atoms with Crippen LogP contribution in [0.1, 0.15) is 57.9 Å². The van der Waals surface area contributed by atoms with E-state index in [0.29, 0.717) is 6.54 Å². The number of carbonyl (C=O) groups is 2. The lowest BCUT2D eigenvalue weighted by molar-refractivity contribution is -0.123. The van der Waals surface area contributed by atoms with Gasteiger partial charge in [-0.2, -0.15) is 0 Å². The van der Waals surface area contributed by atoms with Crippen LogP contribution < -0.4 is 16.4 Å². The number of hydrogen-bond acceptors (Lipinski definition) is 3. The molecule has 0 spiro atoms. The normalized spacial score (nSPS) is 17.6. The van der Waals surface area contributed by atoms with E-state index in [-0.39, 0.29) is 23.7 Å². The van der Waals surface area contributed by atoms with Crippen molar-refractivity contribution < 1.29 is 9.59 Å². The second-order valence-corrected chi connectivity index (χ2v) is 7.15. The minimum Gasteiger partial charge on any atom is -0.351 e. The third-order valence-corrected chi connectivity index (χ3v) is 5.20. The molecule has 5 heteroatoms. The van der Waals surface area contributed by atoms with Crippen molar-refractivity contribution >= 4 is 17.5 Å². The van der Waals surface area contributed by atoms with E-state index in [0.717, 1.165) is 43.4 Å². The lowest BCUT2D eigenvalue weighted by Gasteiger charge is -2.21. The molecule has 1 fully saturated rings. The molecular formula is C20H31N3O2. The van der Waals surface area contributed by atoms with Crippen molar-refractivity contribution in [1.29, 1.82) is 0 Å². The molecule has 1 aromatic carbocycles. The van der Waals surface area contributed by atoms with E-state index in [1.165, 1.54) is 6.42 Å².